The molecule has 1 amide bonds. The normalized spacial score (nSPS) is 21.6. The maximum atomic E-state index is 12.4. The lowest BCUT2D eigenvalue weighted by Gasteiger charge is -2.31. The van der Waals surface area contributed by atoms with E-state index in [1.54, 1.807) is 18.2 Å². The SMILES string of the molecule is COc1ccc(Cl)cc1NC(=O)[C@H]1CCCC[C@@H]1C(=O)[O-]. The lowest BCUT2D eigenvalue weighted by molar-refractivity contribution is -0.313. The van der Waals surface area contributed by atoms with Crippen molar-refractivity contribution in [1.82, 2.24) is 0 Å². The Morgan fingerprint density at radius 3 is 2.57 bits per heavy atom. The van der Waals surface area contributed by atoms with E-state index in [4.69, 9.17) is 16.3 Å². The molecule has 0 unspecified atom stereocenters. The van der Waals surface area contributed by atoms with Crippen LogP contribution in [0.5, 0.6) is 5.75 Å². The fraction of sp³-hybridized carbons (Fsp3) is 0.467. The number of anilines is 1. The highest BCUT2D eigenvalue weighted by Gasteiger charge is 2.32. The highest BCUT2D eigenvalue weighted by atomic mass is 35.5. The number of benzene rings is 1. The van der Waals surface area contributed by atoms with Gasteiger partial charge < -0.3 is 20.0 Å². The number of amides is 1. The van der Waals surface area contributed by atoms with Crippen LogP contribution in [0, 0.1) is 11.8 Å². The average Bonchev–Trinajstić information content (AvgIpc) is 2.47. The van der Waals surface area contributed by atoms with Gasteiger partial charge in [-0.05, 0) is 31.0 Å². The van der Waals surface area contributed by atoms with Gasteiger partial charge in [0, 0.05) is 22.8 Å². The van der Waals surface area contributed by atoms with Crippen LogP contribution < -0.4 is 15.2 Å². The summed E-state index contributed by atoms with van der Waals surface area (Å²) >= 11 is 5.91. The molecule has 1 aromatic rings. The van der Waals surface area contributed by atoms with E-state index in [0.717, 1.165) is 12.8 Å². The van der Waals surface area contributed by atoms with E-state index in [2.05, 4.69) is 5.32 Å². The number of aliphatic carboxylic acids is 1. The number of hydrogen-bond acceptors (Lipinski definition) is 4. The topological polar surface area (TPSA) is 78.5 Å². The summed E-state index contributed by atoms with van der Waals surface area (Å²) in [6.07, 6.45) is 2.68. The zero-order valence-electron chi connectivity index (χ0n) is 11.7. The lowest BCUT2D eigenvalue weighted by Crippen LogP contribution is -2.42. The van der Waals surface area contributed by atoms with Crippen molar-refractivity contribution >= 4 is 29.2 Å². The number of carboxylic acid groups (broad SMARTS) is 1. The minimum Gasteiger partial charge on any atom is -0.550 e. The van der Waals surface area contributed by atoms with Crippen molar-refractivity contribution in [1.29, 1.82) is 0 Å². The monoisotopic (exact) mass is 310 g/mol. The fourth-order valence-corrected chi connectivity index (χ4v) is 2.90. The van der Waals surface area contributed by atoms with Gasteiger partial charge in [0.2, 0.25) is 5.91 Å². The van der Waals surface area contributed by atoms with Crippen molar-refractivity contribution in [3.63, 3.8) is 0 Å². The molecule has 0 radical (unpaired) electrons. The summed E-state index contributed by atoms with van der Waals surface area (Å²) < 4.78 is 5.16. The lowest BCUT2D eigenvalue weighted by atomic mass is 9.78. The first-order valence-corrected chi connectivity index (χ1v) is 7.26. The second kappa shape index (κ2) is 6.80. The molecule has 0 spiro atoms. The summed E-state index contributed by atoms with van der Waals surface area (Å²) in [5, 5.41) is 14.3. The zero-order chi connectivity index (χ0) is 15.4. The minimum atomic E-state index is -1.16. The molecule has 0 aliphatic heterocycles. The number of hydrogen-bond donors (Lipinski definition) is 1. The number of carbonyl (C=O) groups excluding carboxylic acids is 2. The molecular weight excluding hydrogens is 294 g/mol. The fourth-order valence-electron chi connectivity index (χ4n) is 2.73. The molecule has 5 nitrogen and oxygen atoms in total. The van der Waals surface area contributed by atoms with Gasteiger partial charge in [0.1, 0.15) is 5.75 Å². The predicted octanol–water partition coefficient (Wildman–Crippen LogP) is 1.84. The molecule has 0 saturated heterocycles. The number of nitrogens with one attached hydrogen (secondary N) is 1. The van der Waals surface area contributed by atoms with Crippen molar-refractivity contribution in [2.75, 3.05) is 12.4 Å². The van der Waals surface area contributed by atoms with Crippen molar-refractivity contribution < 1.29 is 19.4 Å². The molecule has 1 aliphatic rings. The molecular formula is C15H17ClNO4-. The summed E-state index contributed by atoms with van der Waals surface area (Å²) in [5.41, 5.74) is 0.442. The standard InChI is InChI=1S/C15H18ClNO4/c1-21-13-7-6-9(16)8-12(13)17-14(18)10-4-2-3-5-11(10)15(19)20/h6-8,10-11H,2-5H2,1H3,(H,17,18)(H,19,20)/p-1/t10-,11-/m0/s1. The number of rotatable bonds is 4. The maximum absolute atomic E-state index is 12.4. The molecule has 0 aromatic heterocycles. The van der Waals surface area contributed by atoms with Gasteiger partial charge in [0.15, 0.2) is 0 Å². The van der Waals surface area contributed by atoms with E-state index in [9.17, 15) is 14.7 Å². The first kappa shape index (κ1) is 15.6. The van der Waals surface area contributed by atoms with Crippen LogP contribution in [-0.2, 0) is 9.59 Å². The second-order valence-corrected chi connectivity index (χ2v) is 5.59. The van der Waals surface area contributed by atoms with E-state index < -0.39 is 17.8 Å². The largest absolute Gasteiger partial charge is 0.550 e. The number of ether oxygens (including phenoxy) is 1. The van der Waals surface area contributed by atoms with Crippen LogP contribution in [0.2, 0.25) is 5.02 Å². The van der Waals surface area contributed by atoms with Gasteiger partial charge in [-0.1, -0.05) is 24.4 Å². The van der Waals surface area contributed by atoms with Crippen LogP contribution in [0.4, 0.5) is 5.69 Å². The maximum Gasteiger partial charge on any atom is 0.228 e. The Hall–Kier alpha value is -1.75. The third kappa shape index (κ3) is 3.67. The minimum absolute atomic E-state index is 0.329. The van der Waals surface area contributed by atoms with Gasteiger partial charge in [-0.2, -0.15) is 0 Å². The molecule has 1 aliphatic carbocycles. The van der Waals surface area contributed by atoms with Crippen molar-refractivity contribution in [3.05, 3.63) is 23.2 Å². The molecule has 0 bridgehead atoms. The number of halogens is 1. The van der Waals surface area contributed by atoms with Crippen LogP contribution in [0.15, 0.2) is 18.2 Å². The highest BCUT2D eigenvalue weighted by molar-refractivity contribution is 6.31. The third-order valence-electron chi connectivity index (χ3n) is 3.82. The summed E-state index contributed by atoms with van der Waals surface area (Å²) in [5.74, 6) is -2.32. The molecule has 6 heteroatoms. The number of carbonyl (C=O) groups is 2. The van der Waals surface area contributed by atoms with Crippen molar-refractivity contribution in [2.24, 2.45) is 11.8 Å². The molecule has 21 heavy (non-hydrogen) atoms. The van der Waals surface area contributed by atoms with Gasteiger partial charge in [-0.15, -0.1) is 0 Å². The Balaban J connectivity index is 2.16. The van der Waals surface area contributed by atoms with Gasteiger partial charge in [0.25, 0.3) is 0 Å². The summed E-state index contributed by atoms with van der Waals surface area (Å²) in [6.45, 7) is 0. The first-order chi connectivity index (χ1) is 10.0. The summed E-state index contributed by atoms with van der Waals surface area (Å²) in [6, 6.07) is 4.88. The Labute approximate surface area is 128 Å². The quantitative estimate of drug-likeness (QED) is 0.920. The van der Waals surface area contributed by atoms with Gasteiger partial charge in [-0.3, -0.25) is 4.79 Å². The van der Waals surface area contributed by atoms with Crippen LogP contribution in [-0.4, -0.2) is 19.0 Å². The zero-order valence-corrected chi connectivity index (χ0v) is 12.5. The Morgan fingerprint density at radius 1 is 1.29 bits per heavy atom. The van der Waals surface area contributed by atoms with Gasteiger partial charge >= 0.3 is 0 Å². The predicted molar refractivity (Wildman–Crippen MR) is 77.1 cm³/mol. The Bertz CT molecular complexity index is 546. The Kier molecular flexibility index (Phi) is 5.07. The molecule has 1 saturated carbocycles. The van der Waals surface area contributed by atoms with E-state index in [1.807, 2.05) is 0 Å². The molecule has 2 rings (SSSR count). The van der Waals surface area contributed by atoms with E-state index in [1.165, 1.54) is 7.11 Å². The highest BCUT2D eigenvalue weighted by Crippen LogP contribution is 2.33. The van der Waals surface area contributed by atoms with Crippen LogP contribution in [0.3, 0.4) is 0 Å². The second-order valence-electron chi connectivity index (χ2n) is 5.15. The van der Waals surface area contributed by atoms with E-state index in [-0.39, 0.29) is 5.91 Å². The van der Waals surface area contributed by atoms with E-state index >= 15 is 0 Å². The van der Waals surface area contributed by atoms with Crippen molar-refractivity contribution in [3.8, 4) is 5.75 Å². The smallest absolute Gasteiger partial charge is 0.228 e. The summed E-state index contributed by atoms with van der Waals surface area (Å²) in [7, 11) is 1.49. The van der Waals surface area contributed by atoms with Gasteiger partial charge in [-0.25, -0.2) is 0 Å². The third-order valence-corrected chi connectivity index (χ3v) is 4.06. The van der Waals surface area contributed by atoms with E-state index in [0.29, 0.717) is 29.3 Å². The van der Waals surface area contributed by atoms with Gasteiger partial charge in [0.05, 0.1) is 12.8 Å². The molecule has 1 aromatic carbocycles. The molecule has 2 atom stereocenters. The Morgan fingerprint density at radius 2 is 1.95 bits per heavy atom. The molecule has 0 heterocycles. The summed E-state index contributed by atoms with van der Waals surface area (Å²) in [4.78, 5) is 23.5. The van der Waals surface area contributed by atoms with Crippen LogP contribution in [0.1, 0.15) is 25.7 Å². The molecule has 1 N–H and O–H groups in total. The van der Waals surface area contributed by atoms with Crippen molar-refractivity contribution in [2.45, 2.75) is 25.7 Å². The average molecular weight is 311 g/mol. The number of carboxylic acids is 1. The number of methoxy groups -OCH3 is 1. The van der Waals surface area contributed by atoms with Crippen LogP contribution >= 0.6 is 11.6 Å². The van der Waals surface area contributed by atoms with Crippen LogP contribution in [0.25, 0.3) is 0 Å². The molecule has 114 valence electrons. The molecule has 1 fully saturated rings. The first-order valence-electron chi connectivity index (χ1n) is 6.88.